The molecule has 5 amide bonds. The number of ether oxygens (including phenoxy) is 1. The van der Waals surface area contributed by atoms with Crippen LogP contribution in [0.25, 0.3) is 49.9 Å². The van der Waals surface area contributed by atoms with Gasteiger partial charge in [-0.2, -0.15) is 0 Å². The third-order valence-electron chi connectivity index (χ3n) is 12.4. The monoisotopic (exact) mass is 861 g/mol. The van der Waals surface area contributed by atoms with E-state index in [1.54, 1.807) is 31.5 Å². The number of amides is 5. The van der Waals surface area contributed by atoms with Crippen molar-refractivity contribution in [1.82, 2.24) is 44.9 Å². The van der Waals surface area contributed by atoms with Crippen molar-refractivity contribution in [3.63, 3.8) is 0 Å². The molecule has 0 bridgehead atoms. The number of aromatic nitrogens is 5. The number of imide groups is 1. The van der Waals surface area contributed by atoms with Crippen molar-refractivity contribution < 1.29 is 28.7 Å². The smallest absolute Gasteiger partial charge is 0.270 e. The summed E-state index contributed by atoms with van der Waals surface area (Å²) >= 11 is 1.45. The maximum Gasteiger partial charge on any atom is 0.270 e. The Morgan fingerprint density at radius 3 is 2.56 bits per heavy atom. The quantitative estimate of drug-likeness (QED) is 0.170. The fourth-order valence-corrected chi connectivity index (χ4v) is 9.95. The molecule has 16 heteroatoms. The molecule has 1 atom stereocenters. The summed E-state index contributed by atoms with van der Waals surface area (Å²) in [4.78, 5) is 86.5. The Kier molecular flexibility index (Phi) is 10.7. The van der Waals surface area contributed by atoms with Crippen LogP contribution in [-0.4, -0.2) is 96.2 Å². The van der Waals surface area contributed by atoms with Crippen molar-refractivity contribution in [2.75, 3.05) is 26.3 Å². The zero-order chi connectivity index (χ0) is 43.2. The highest BCUT2D eigenvalue weighted by Crippen LogP contribution is 2.39. The van der Waals surface area contributed by atoms with Crippen LogP contribution in [0.3, 0.4) is 0 Å². The average Bonchev–Trinajstić information content (AvgIpc) is 4.03. The Balaban J connectivity index is 0.795. The molecule has 0 spiro atoms. The summed E-state index contributed by atoms with van der Waals surface area (Å²) in [5, 5.41) is 7.93. The van der Waals surface area contributed by atoms with Crippen LogP contribution in [0.5, 0.6) is 0 Å². The van der Waals surface area contributed by atoms with Crippen LogP contribution in [-0.2, 0) is 38.8 Å². The van der Waals surface area contributed by atoms with E-state index in [-0.39, 0.29) is 48.8 Å². The molecule has 2 N–H and O–H groups in total. The summed E-state index contributed by atoms with van der Waals surface area (Å²) in [6, 6.07) is 16.5. The first-order valence-electron chi connectivity index (χ1n) is 21.2. The van der Waals surface area contributed by atoms with Gasteiger partial charge in [0.25, 0.3) is 11.8 Å². The summed E-state index contributed by atoms with van der Waals surface area (Å²) in [5.41, 5.74) is 6.85. The molecule has 0 saturated carbocycles. The van der Waals surface area contributed by atoms with Gasteiger partial charge in [0.2, 0.25) is 17.7 Å². The highest BCUT2D eigenvalue weighted by molar-refractivity contribution is 7.15. The first-order valence-corrected chi connectivity index (χ1v) is 22.0. The van der Waals surface area contributed by atoms with Gasteiger partial charge in [-0.15, -0.1) is 11.3 Å². The second-order valence-electron chi connectivity index (χ2n) is 16.2. The number of piperidine rings is 1. The number of imidazole rings is 1. The molecule has 1 unspecified atom stereocenters. The molecule has 4 aliphatic heterocycles. The number of rotatable bonds is 9. The van der Waals surface area contributed by atoms with E-state index in [1.165, 1.54) is 16.2 Å². The van der Waals surface area contributed by atoms with Crippen molar-refractivity contribution in [3.05, 3.63) is 112 Å². The summed E-state index contributed by atoms with van der Waals surface area (Å²) in [5.74, 6) is 0.123. The van der Waals surface area contributed by atoms with Crippen molar-refractivity contribution in [2.24, 2.45) is 0 Å². The lowest BCUT2D eigenvalue weighted by atomic mass is 9.99. The van der Waals surface area contributed by atoms with Gasteiger partial charge >= 0.3 is 0 Å². The molecule has 0 aliphatic carbocycles. The van der Waals surface area contributed by atoms with Gasteiger partial charge in [-0.3, -0.25) is 39.3 Å². The maximum atomic E-state index is 13.3. The summed E-state index contributed by atoms with van der Waals surface area (Å²) in [6.45, 7) is 5.48. The molecule has 8 heterocycles. The van der Waals surface area contributed by atoms with Gasteiger partial charge in [0.15, 0.2) is 0 Å². The largest absolute Gasteiger partial charge is 0.381 e. The number of hydrogen-bond donors (Lipinski definition) is 2. The van der Waals surface area contributed by atoms with E-state index in [9.17, 15) is 24.0 Å². The van der Waals surface area contributed by atoms with Crippen LogP contribution in [0.2, 0.25) is 0 Å². The van der Waals surface area contributed by atoms with E-state index in [2.05, 4.69) is 37.3 Å². The van der Waals surface area contributed by atoms with E-state index in [4.69, 9.17) is 14.7 Å². The third kappa shape index (κ3) is 7.69. The Hall–Kier alpha value is -6.91. The minimum Gasteiger partial charge on any atom is -0.381 e. The number of thiazole rings is 1. The number of hydrogen-bond acceptors (Lipinski definition) is 11. The second kappa shape index (κ2) is 16.8. The molecule has 2 saturated heterocycles. The molecule has 4 aromatic heterocycles. The lowest BCUT2D eigenvalue weighted by molar-refractivity contribution is -0.137. The zero-order valence-corrected chi connectivity index (χ0v) is 35.3. The van der Waals surface area contributed by atoms with E-state index in [1.807, 2.05) is 53.6 Å². The van der Waals surface area contributed by atoms with Crippen molar-refractivity contribution >= 4 is 57.7 Å². The zero-order valence-electron chi connectivity index (χ0n) is 34.5. The lowest BCUT2D eigenvalue weighted by Crippen LogP contribution is -2.52. The molecule has 15 nitrogen and oxygen atoms in total. The molecule has 0 radical (unpaired) electrons. The highest BCUT2D eigenvalue weighted by Gasteiger charge is 2.40. The Labute approximate surface area is 366 Å². The second-order valence-corrected chi connectivity index (χ2v) is 17.2. The minimum atomic E-state index is -0.690. The van der Waals surface area contributed by atoms with Crippen LogP contribution >= 0.6 is 11.3 Å². The maximum absolute atomic E-state index is 13.3. The van der Waals surface area contributed by atoms with Crippen molar-refractivity contribution in [1.29, 1.82) is 0 Å². The number of benzene rings is 2. The van der Waals surface area contributed by atoms with E-state index in [0.29, 0.717) is 37.5 Å². The normalized spacial score (nSPS) is 17.9. The topological polar surface area (TPSA) is 182 Å². The average molecular weight is 862 g/mol. The Bertz CT molecular complexity index is 2860. The molecule has 10 rings (SSSR count). The van der Waals surface area contributed by atoms with Gasteiger partial charge in [0.05, 0.1) is 23.6 Å². The van der Waals surface area contributed by atoms with Gasteiger partial charge in [-0.05, 0) is 60.6 Å². The molecular formula is C47H43N9O6S. The number of fused-ring (bicyclic) bond motifs is 3. The highest BCUT2D eigenvalue weighted by atomic mass is 32.1. The van der Waals surface area contributed by atoms with Crippen LogP contribution in [0, 0.1) is 0 Å². The number of pyridine rings is 2. The fourth-order valence-electron chi connectivity index (χ4n) is 9.05. The molecule has 2 fully saturated rings. The van der Waals surface area contributed by atoms with Crippen LogP contribution in [0.15, 0.2) is 79.3 Å². The number of carbonyl (C=O) groups is 5. The standard InChI is InChI=1S/C47H43N9O6S/c1-27(57)54-17-18-55-40(26-54)42(53-43(55)28-14-19-62-20-15-28)32-7-2-5-29-21-38(50-24-35(29)32)30-10-11-37(49-22-30)44(59)48-16-4-6-31-23-51-46(63-31)33-8-3-9-34-36(33)25-56(47(34)61)39-12-13-41(58)52-45(39)60/h2-11,21-24,28,39H,12-20,25-26H2,1H3,(H,48,59)(H,52,58,60)/b6-4+. The Morgan fingerprint density at radius 2 is 1.75 bits per heavy atom. The van der Waals surface area contributed by atoms with E-state index >= 15 is 0 Å². The van der Waals surface area contributed by atoms with E-state index < -0.39 is 11.9 Å². The predicted molar refractivity (Wildman–Crippen MR) is 235 cm³/mol. The SMILES string of the molecule is CC(=O)N1CCn2c(C3CCOCC3)nc(-c3cccc4cc(-c5ccc(C(=O)NC/C=C/c6cnc(-c7cccc8c7CN(C7CCC(=O)NC7=O)C8=O)s6)nc5)ncc34)c2C1. The fraction of sp³-hybridized carbons (Fsp3) is 0.298. The minimum absolute atomic E-state index is 0.0546. The van der Waals surface area contributed by atoms with Crippen molar-refractivity contribution in [3.8, 4) is 33.1 Å². The van der Waals surface area contributed by atoms with Gasteiger partial charge < -0.3 is 24.4 Å². The molecule has 4 aliphatic rings. The Morgan fingerprint density at radius 1 is 0.921 bits per heavy atom. The predicted octanol–water partition coefficient (Wildman–Crippen LogP) is 5.74. The summed E-state index contributed by atoms with van der Waals surface area (Å²) < 4.78 is 7.98. The third-order valence-corrected chi connectivity index (χ3v) is 13.4. The molecule has 63 heavy (non-hydrogen) atoms. The van der Waals surface area contributed by atoms with Crippen molar-refractivity contribution in [2.45, 2.75) is 64.2 Å². The first kappa shape index (κ1) is 40.2. The lowest BCUT2D eigenvalue weighted by Gasteiger charge is -2.30. The number of carbonyl (C=O) groups excluding carboxylic acids is 5. The molecule has 6 aromatic rings. The van der Waals surface area contributed by atoms with Gasteiger partial charge in [0, 0.05) is 110 Å². The number of nitrogens with one attached hydrogen (secondary N) is 2. The van der Waals surface area contributed by atoms with Crippen LogP contribution < -0.4 is 10.6 Å². The number of nitrogens with zero attached hydrogens (tertiary/aromatic N) is 7. The van der Waals surface area contributed by atoms with Gasteiger partial charge in [0.1, 0.15) is 22.6 Å². The van der Waals surface area contributed by atoms with Gasteiger partial charge in [-0.25, -0.2) is 9.97 Å². The molecular weight excluding hydrogens is 819 g/mol. The van der Waals surface area contributed by atoms with Crippen LogP contribution in [0.4, 0.5) is 0 Å². The van der Waals surface area contributed by atoms with E-state index in [0.717, 1.165) is 91.9 Å². The van der Waals surface area contributed by atoms with Gasteiger partial charge in [-0.1, -0.05) is 36.4 Å². The molecule has 2 aromatic carbocycles. The summed E-state index contributed by atoms with van der Waals surface area (Å²) in [6.07, 6.45) is 11.3. The first-order chi connectivity index (χ1) is 30.7. The summed E-state index contributed by atoms with van der Waals surface area (Å²) in [7, 11) is 0. The van der Waals surface area contributed by atoms with Crippen LogP contribution in [0.1, 0.15) is 81.3 Å². The molecule has 318 valence electrons.